The lowest BCUT2D eigenvalue weighted by Gasteiger charge is -2.13. The summed E-state index contributed by atoms with van der Waals surface area (Å²) in [6, 6.07) is 5.85. The van der Waals surface area contributed by atoms with E-state index in [-0.39, 0.29) is 0 Å². The fourth-order valence-electron chi connectivity index (χ4n) is 2.02. The summed E-state index contributed by atoms with van der Waals surface area (Å²) in [5.41, 5.74) is 4.06. The van der Waals surface area contributed by atoms with Crippen molar-refractivity contribution in [2.24, 2.45) is 0 Å². The van der Waals surface area contributed by atoms with Gasteiger partial charge in [-0.3, -0.25) is 0 Å². The summed E-state index contributed by atoms with van der Waals surface area (Å²) in [7, 11) is 1.68. The molecule has 100 valence electrons. The van der Waals surface area contributed by atoms with E-state index >= 15 is 0 Å². The van der Waals surface area contributed by atoms with Crippen molar-refractivity contribution in [3.8, 4) is 17.0 Å². The van der Waals surface area contributed by atoms with Crippen molar-refractivity contribution in [3.05, 3.63) is 40.3 Å². The molecule has 0 N–H and O–H groups in total. The van der Waals surface area contributed by atoms with E-state index in [4.69, 9.17) is 16.3 Å². The average molecular weight is 277 g/mol. The van der Waals surface area contributed by atoms with Crippen LogP contribution in [0.15, 0.2) is 18.2 Å². The number of ether oxygens (including phenoxy) is 1. The molecule has 0 aliphatic heterocycles. The maximum Gasteiger partial charge on any atom is 0.133 e. The molecule has 4 heteroatoms. The molecular weight excluding hydrogens is 260 g/mol. The fraction of sp³-hybridized carbons (Fsp3) is 0.333. The monoisotopic (exact) mass is 276 g/mol. The Bertz CT molecular complexity index is 611. The smallest absolute Gasteiger partial charge is 0.133 e. The number of benzene rings is 1. The van der Waals surface area contributed by atoms with Crippen LogP contribution in [0.25, 0.3) is 11.3 Å². The Morgan fingerprint density at radius 2 is 1.95 bits per heavy atom. The summed E-state index contributed by atoms with van der Waals surface area (Å²) in [6.45, 7) is 6.11. The van der Waals surface area contributed by atoms with E-state index in [0.717, 1.165) is 34.8 Å². The van der Waals surface area contributed by atoms with Crippen molar-refractivity contribution >= 4 is 11.6 Å². The van der Waals surface area contributed by atoms with Gasteiger partial charge in [0, 0.05) is 18.1 Å². The van der Waals surface area contributed by atoms with Crippen LogP contribution in [0.1, 0.15) is 23.9 Å². The number of hydrogen-bond acceptors (Lipinski definition) is 3. The largest absolute Gasteiger partial charge is 0.496 e. The molecule has 0 aliphatic rings. The molecule has 3 nitrogen and oxygen atoms in total. The van der Waals surface area contributed by atoms with Gasteiger partial charge in [0.25, 0.3) is 0 Å². The first-order valence-corrected chi connectivity index (χ1v) is 6.62. The van der Waals surface area contributed by atoms with Crippen molar-refractivity contribution in [1.29, 1.82) is 0 Å². The molecule has 2 rings (SSSR count). The summed E-state index contributed by atoms with van der Waals surface area (Å²) in [5.74, 6) is 1.58. The van der Waals surface area contributed by atoms with Gasteiger partial charge >= 0.3 is 0 Å². The van der Waals surface area contributed by atoms with Crippen molar-refractivity contribution < 1.29 is 4.74 Å². The Balaban J connectivity index is 2.65. The first kappa shape index (κ1) is 13.8. The summed E-state index contributed by atoms with van der Waals surface area (Å²) in [5, 5.41) is 0.460. The minimum Gasteiger partial charge on any atom is -0.496 e. The van der Waals surface area contributed by atoms with E-state index in [1.807, 2.05) is 19.9 Å². The average Bonchev–Trinajstić information content (AvgIpc) is 2.40. The van der Waals surface area contributed by atoms with Crippen LogP contribution >= 0.6 is 11.6 Å². The highest BCUT2D eigenvalue weighted by atomic mass is 35.5. The Kier molecular flexibility index (Phi) is 4.05. The van der Waals surface area contributed by atoms with Gasteiger partial charge in [0.1, 0.15) is 16.7 Å². The summed E-state index contributed by atoms with van der Waals surface area (Å²) in [6.07, 6.45) is 0.751. The molecule has 0 atom stereocenters. The molecular formula is C15H17ClN2O. The second-order valence-corrected chi connectivity index (χ2v) is 4.82. The van der Waals surface area contributed by atoms with Crippen LogP contribution in [0.2, 0.25) is 5.15 Å². The zero-order chi connectivity index (χ0) is 14.0. The van der Waals surface area contributed by atoms with Gasteiger partial charge in [-0.15, -0.1) is 0 Å². The van der Waals surface area contributed by atoms with Crippen molar-refractivity contribution in [2.75, 3.05) is 7.11 Å². The van der Waals surface area contributed by atoms with E-state index in [1.165, 1.54) is 5.56 Å². The Morgan fingerprint density at radius 1 is 1.21 bits per heavy atom. The maximum absolute atomic E-state index is 6.05. The number of methoxy groups -OCH3 is 1. The molecule has 0 saturated carbocycles. The molecule has 1 heterocycles. The SMILES string of the molecule is CCc1nc(Cl)cc(-c2ccc(C)c(C)c2OC)n1. The summed E-state index contributed by atoms with van der Waals surface area (Å²) < 4.78 is 5.52. The first-order valence-electron chi connectivity index (χ1n) is 6.24. The number of nitrogens with zero attached hydrogens (tertiary/aromatic N) is 2. The van der Waals surface area contributed by atoms with Crippen LogP contribution in [0.3, 0.4) is 0 Å². The molecule has 0 fully saturated rings. The fourth-order valence-corrected chi connectivity index (χ4v) is 2.22. The molecule has 0 spiro atoms. The Hall–Kier alpha value is -1.61. The lowest BCUT2D eigenvalue weighted by molar-refractivity contribution is 0.413. The second kappa shape index (κ2) is 5.57. The first-order chi connectivity index (χ1) is 9.06. The van der Waals surface area contributed by atoms with Crippen molar-refractivity contribution in [1.82, 2.24) is 9.97 Å². The van der Waals surface area contributed by atoms with Gasteiger partial charge in [0.2, 0.25) is 0 Å². The maximum atomic E-state index is 6.05. The third kappa shape index (κ3) is 2.71. The van der Waals surface area contributed by atoms with E-state index in [1.54, 1.807) is 13.2 Å². The highest BCUT2D eigenvalue weighted by Gasteiger charge is 2.13. The van der Waals surface area contributed by atoms with Crippen LogP contribution in [-0.2, 0) is 6.42 Å². The molecule has 0 amide bonds. The van der Waals surface area contributed by atoms with Gasteiger partial charge in [-0.1, -0.05) is 24.6 Å². The molecule has 1 aromatic heterocycles. The topological polar surface area (TPSA) is 35.0 Å². The number of aromatic nitrogens is 2. The predicted octanol–water partition coefficient (Wildman–Crippen LogP) is 3.98. The van der Waals surface area contributed by atoms with Crippen molar-refractivity contribution in [3.63, 3.8) is 0 Å². The van der Waals surface area contributed by atoms with Gasteiger partial charge in [-0.2, -0.15) is 0 Å². The number of aryl methyl sites for hydroxylation is 2. The lowest BCUT2D eigenvalue weighted by Crippen LogP contribution is -1.99. The third-order valence-electron chi connectivity index (χ3n) is 3.21. The second-order valence-electron chi connectivity index (χ2n) is 4.43. The molecule has 0 bridgehead atoms. The number of rotatable bonds is 3. The predicted molar refractivity (Wildman–Crippen MR) is 77.9 cm³/mol. The number of hydrogen-bond donors (Lipinski definition) is 0. The minimum absolute atomic E-state index is 0.460. The van der Waals surface area contributed by atoms with Gasteiger partial charge in [0.15, 0.2) is 0 Å². The quantitative estimate of drug-likeness (QED) is 0.795. The summed E-state index contributed by atoms with van der Waals surface area (Å²) in [4.78, 5) is 8.71. The molecule has 19 heavy (non-hydrogen) atoms. The lowest BCUT2D eigenvalue weighted by atomic mass is 10.0. The van der Waals surface area contributed by atoms with Crippen LogP contribution in [0, 0.1) is 13.8 Å². The van der Waals surface area contributed by atoms with Crippen LogP contribution in [0.4, 0.5) is 0 Å². The standard InChI is InChI=1S/C15H17ClN2O/c1-5-14-17-12(8-13(16)18-14)11-7-6-9(2)10(3)15(11)19-4/h6-8H,5H2,1-4H3. The molecule has 0 unspecified atom stereocenters. The van der Waals surface area contributed by atoms with Gasteiger partial charge < -0.3 is 4.74 Å². The van der Waals surface area contributed by atoms with Crippen LogP contribution in [0.5, 0.6) is 5.75 Å². The molecule has 1 aromatic carbocycles. The highest BCUT2D eigenvalue weighted by molar-refractivity contribution is 6.29. The van der Waals surface area contributed by atoms with Crippen molar-refractivity contribution in [2.45, 2.75) is 27.2 Å². The molecule has 0 radical (unpaired) electrons. The molecule has 0 aliphatic carbocycles. The van der Waals surface area contributed by atoms with Gasteiger partial charge in [-0.05, 0) is 31.0 Å². The van der Waals surface area contributed by atoms with Gasteiger partial charge in [-0.25, -0.2) is 9.97 Å². The van der Waals surface area contributed by atoms with Gasteiger partial charge in [0.05, 0.1) is 12.8 Å². The van der Waals surface area contributed by atoms with E-state index in [0.29, 0.717) is 5.15 Å². The van der Waals surface area contributed by atoms with E-state index in [2.05, 4.69) is 23.0 Å². The minimum atomic E-state index is 0.460. The van der Waals surface area contributed by atoms with E-state index < -0.39 is 0 Å². The molecule has 0 saturated heterocycles. The molecule has 2 aromatic rings. The zero-order valence-electron chi connectivity index (χ0n) is 11.6. The van der Waals surface area contributed by atoms with Crippen LogP contribution < -0.4 is 4.74 Å². The van der Waals surface area contributed by atoms with E-state index in [9.17, 15) is 0 Å². The zero-order valence-corrected chi connectivity index (χ0v) is 12.4. The Labute approximate surface area is 118 Å². The van der Waals surface area contributed by atoms with Crippen LogP contribution in [-0.4, -0.2) is 17.1 Å². The normalized spacial score (nSPS) is 10.6. The third-order valence-corrected chi connectivity index (χ3v) is 3.41. The number of halogens is 1. The Morgan fingerprint density at radius 3 is 2.58 bits per heavy atom. The highest BCUT2D eigenvalue weighted by Crippen LogP contribution is 2.34. The summed E-state index contributed by atoms with van der Waals surface area (Å²) >= 11 is 6.05.